The molecule has 0 saturated heterocycles. The van der Waals surface area contributed by atoms with Gasteiger partial charge in [0.15, 0.2) is 0 Å². The van der Waals surface area contributed by atoms with Gasteiger partial charge >= 0.3 is 0 Å². The van der Waals surface area contributed by atoms with Crippen LogP contribution in [0.3, 0.4) is 0 Å². The third-order valence-corrected chi connectivity index (χ3v) is 5.63. The van der Waals surface area contributed by atoms with E-state index in [1.807, 2.05) is 11.3 Å². The van der Waals surface area contributed by atoms with Crippen LogP contribution in [-0.4, -0.2) is 16.4 Å². The van der Waals surface area contributed by atoms with Crippen molar-refractivity contribution in [3.63, 3.8) is 0 Å². The van der Waals surface area contributed by atoms with Gasteiger partial charge in [0.2, 0.25) is 0 Å². The summed E-state index contributed by atoms with van der Waals surface area (Å²) in [7, 11) is 0. The maximum absolute atomic E-state index is 5.80. The fourth-order valence-electron chi connectivity index (χ4n) is 2.43. The Labute approximate surface area is 120 Å². The molecule has 3 rings (SSSR count). The number of nitrogens with zero attached hydrogens (tertiary/aromatic N) is 2. The number of hydrogen-bond donors (Lipinski definition) is 0. The quantitative estimate of drug-likeness (QED) is 0.794. The first kappa shape index (κ1) is 12.6. The maximum Gasteiger partial charge on any atom is 0.107 e. The average Bonchev–Trinajstić information content (AvgIpc) is 3.01. The Kier molecular flexibility index (Phi) is 3.71. The van der Waals surface area contributed by atoms with Gasteiger partial charge in [-0.15, -0.1) is 34.3 Å². The SMILES string of the molecule is CC1c2ccsc2CCN1Cc1nc(CCl)cs1. The molecule has 3 heterocycles. The van der Waals surface area contributed by atoms with Gasteiger partial charge < -0.3 is 0 Å². The van der Waals surface area contributed by atoms with E-state index in [9.17, 15) is 0 Å². The molecule has 2 aromatic rings. The topological polar surface area (TPSA) is 16.1 Å². The molecule has 2 aromatic heterocycles. The van der Waals surface area contributed by atoms with Gasteiger partial charge in [-0.3, -0.25) is 4.90 Å². The molecule has 96 valence electrons. The molecule has 1 atom stereocenters. The second-order valence-corrected chi connectivity index (χ2v) is 6.77. The minimum absolute atomic E-state index is 0.503. The number of halogens is 1. The van der Waals surface area contributed by atoms with Gasteiger partial charge in [0.05, 0.1) is 18.1 Å². The van der Waals surface area contributed by atoms with E-state index in [2.05, 4.69) is 33.6 Å². The maximum atomic E-state index is 5.80. The zero-order valence-corrected chi connectivity index (χ0v) is 12.6. The number of hydrogen-bond acceptors (Lipinski definition) is 4. The molecule has 1 aliphatic heterocycles. The van der Waals surface area contributed by atoms with Crippen molar-refractivity contribution in [1.29, 1.82) is 0 Å². The first-order valence-electron chi connectivity index (χ1n) is 6.07. The molecule has 0 amide bonds. The average molecular weight is 299 g/mol. The van der Waals surface area contributed by atoms with Gasteiger partial charge in [-0.05, 0) is 30.4 Å². The molecule has 0 aliphatic carbocycles. The molecule has 18 heavy (non-hydrogen) atoms. The highest BCUT2D eigenvalue weighted by Gasteiger charge is 2.25. The fourth-order valence-corrected chi connectivity index (χ4v) is 4.44. The summed E-state index contributed by atoms with van der Waals surface area (Å²) in [5.41, 5.74) is 2.50. The first-order valence-corrected chi connectivity index (χ1v) is 8.37. The summed E-state index contributed by atoms with van der Waals surface area (Å²) in [6.45, 7) is 4.36. The van der Waals surface area contributed by atoms with Crippen molar-refractivity contribution in [1.82, 2.24) is 9.88 Å². The van der Waals surface area contributed by atoms with Gasteiger partial charge in [-0.25, -0.2) is 4.98 Å². The molecule has 1 aliphatic rings. The van der Waals surface area contributed by atoms with Crippen LogP contribution in [0.4, 0.5) is 0 Å². The predicted octanol–water partition coefficient (Wildman–Crippen LogP) is 4.06. The van der Waals surface area contributed by atoms with Crippen LogP contribution in [0, 0.1) is 0 Å². The Balaban J connectivity index is 1.74. The van der Waals surface area contributed by atoms with Crippen molar-refractivity contribution >= 4 is 34.3 Å². The van der Waals surface area contributed by atoms with Crippen molar-refractivity contribution < 1.29 is 0 Å². The van der Waals surface area contributed by atoms with Crippen molar-refractivity contribution in [3.8, 4) is 0 Å². The largest absolute Gasteiger partial charge is 0.290 e. The summed E-state index contributed by atoms with van der Waals surface area (Å²) in [6.07, 6.45) is 1.17. The van der Waals surface area contributed by atoms with Gasteiger partial charge in [-0.2, -0.15) is 0 Å². The second kappa shape index (κ2) is 5.29. The molecule has 1 unspecified atom stereocenters. The summed E-state index contributed by atoms with van der Waals surface area (Å²) in [4.78, 5) is 8.61. The summed E-state index contributed by atoms with van der Waals surface area (Å²) < 4.78 is 0. The van der Waals surface area contributed by atoms with Gasteiger partial charge in [0.25, 0.3) is 0 Å². The van der Waals surface area contributed by atoms with E-state index in [4.69, 9.17) is 11.6 Å². The Hall–Kier alpha value is -0.420. The number of rotatable bonds is 3. The van der Waals surface area contributed by atoms with Crippen LogP contribution in [-0.2, 0) is 18.8 Å². The molecular formula is C13H15ClN2S2. The lowest BCUT2D eigenvalue weighted by Crippen LogP contribution is -2.32. The van der Waals surface area contributed by atoms with Crippen LogP contribution in [0.1, 0.15) is 34.1 Å². The molecule has 0 N–H and O–H groups in total. The summed E-state index contributed by atoms with van der Waals surface area (Å²) >= 11 is 9.40. The highest BCUT2D eigenvalue weighted by Crippen LogP contribution is 2.33. The highest BCUT2D eigenvalue weighted by atomic mass is 35.5. The number of thiazole rings is 1. The van der Waals surface area contributed by atoms with Gasteiger partial charge in [-0.1, -0.05) is 0 Å². The van der Waals surface area contributed by atoms with Crippen LogP contribution >= 0.6 is 34.3 Å². The molecular weight excluding hydrogens is 284 g/mol. The smallest absolute Gasteiger partial charge is 0.107 e. The number of alkyl halides is 1. The highest BCUT2D eigenvalue weighted by molar-refractivity contribution is 7.10. The van der Waals surface area contributed by atoms with E-state index in [0.29, 0.717) is 11.9 Å². The lowest BCUT2D eigenvalue weighted by Gasteiger charge is -2.32. The minimum Gasteiger partial charge on any atom is -0.290 e. The molecule has 2 nitrogen and oxygen atoms in total. The monoisotopic (exact) mass is 298 g/mol. The van der Waals surface area contributed by atoms with Gasteiger partial charge in [0.1, 0.15) is 5.01 Å². The Morgan fingerprint density at radius 2 is 2.39 bits per heavy atom. The van der Waals surface area contributed by atoms with Crippen LogP contribution in [0.15, 0.2) is 16.8 Å². The van der Waals surface area contributed by atoms with E-state index >= 15 is 0 Å². The minimum atomic E-state index is 0.503. The van der Waals surface area contributed by atoms with E-state index in [-0.39, 0.29) is 0 Å². The van der Waals surface area contributed by atoms with Crippen LogP contribution in [0.25, 0.3) is 0 Å². The van der Waals surface area contributed by atoms with E-state index in [1.165, 1.54) is 17.0 Å². The van der Waals surface area contributed by atoms with E-state index in [0.717, 1.165) is 18.8 Å². The fraction of sp³-hybridized carbons (Fsp3) is 0.462. The molecule has 0 aromatic carbocycles. The predicted molar refractivity (Wildman–Crippen MR) is 78.5 cm³/mol. The molecule has 0 saturated carbocycles. The molecule has 0 spiro atoms. The first-order chi connectivity index (χ1) is 8.78. The third kappa shape index (κ3) is 2.35. The number of thiophene rings is 1. The summed E-state index contributed by atoms with van der Waals surface area (Å²) in [5, 5.41) is 5.45. The van der Waals surface area contributed by atoms with E-state index < -0.39 is 0 Å². The Morgan fingerprint density at radius 1 is 1.50 bits per heavy atom. The number of fused-ring (bicyclic) bond motifs is 1. The van der Waals surface area contributed by atoms with Crippen LogP contribution < -0.4 is 0 Å². The standard InChI is InChI=1S/C13H15ClN2S2/c1-9-11-3-5-17-12(11)2-4-16(9)7-13-15-10(6-14)8-18-13/h3,5,8-9H,2,4,6-7H2,1H3. The molecule has 0 fully saturated rings. The van der Waals surface area contributed by atoms with Crippen LogP contribution in [0.2, 0.25) is 0 Å². The lowest BCUT2D eigenvalue weighted by molar-refractivity contribution is 0.191. The Morgan fingerprint density at radius 3 is 3.17 bits per heavy atom. The van der Waals surface area contributed by atoms with E-state index in [1.54, 1.807) is 16.2 Å². The van der Waals surface area contributed by atoms with Gasteiger partial charge in [0, 0.05) is 22.8 Å². The lowest BCUT2D eigenvalue weighted by atomic mass is 10.0. The van der Waals surface area contributed by atoms with Crippen molar-refractivity contribution in [2.24, 2.45) is 0 Å². The van der Waals surface area contributed by atoms with Crippen molar-refractivity contribution in [3.05, 3.63) is 38.0 Å². The molecule has 0 radical (unpaired) electrons. The normalized spacial score (nSPS) is 20.0. The van der Waals surface area contributed by atoms with Crippen molar-refractivity contribution in [2.75, 3.05) is 6.54 Å². The number of aromatic nitrogens is 1. The second-order valence-electron chi connectivity index (χ2n) is 4.56. The Bertz CT molecular complexity index is 535. The van der Waals surface area contributed by atoms with Crippen molar-refractivity contribution in [2.45, 2.75) is 31.8 Å². The van der Waals surface area contributed by atoms with Crippen LogP contribution in [0.5, 0.6) is 0 Å². The zero-order valence-electron chi connectivity index (χ0n) is 10.2. The third-order valence-electron chi connectivity index (χ3n) is 3.48. The summed E-state index contributed by atoms with van der Waals surface area (Å²) in [6, 6.07) is 2.77. The molecule has 5 heteroatoms. The zero-order chi connectivity index (χ0) is 12.5. The molecule has 0 bridgehead atoms. The summed E-state index contributed by atoms with van der Waals surface area (Å²) in [5.74, 6) is 0.515.